The van der Waals surface area contributed by atoms with Gasteiger partial charge in [0.25, 0.3) is 5.91 Å². The Morgan fingerprint density at radius 1 is 1.24 bits per heavy atom. The summed E-state index contributed by atoms with van der Waals surface area (Å²) in [6.45, 7) is 5.52. The quantitative estimate of drug-likeness (QED) is 0.332. The fraction of sp³-hybridized carbons (Fsp3) is 0.577. The molecule has 4 amide bonds. The molecular weight excluding hydrogens is 516 g/mol. The van der Waals surface area contributed by atoms with E-state index in [0.717, 1.165) is 12.8 Å². The van der Waals surface area contributed by atoms with Crippen molar-refractivity contribution in [3.63, 3.8) is 0 Å². The van der Waals surface area contributed by atoms with Gasteiger partial charge in [-0.25, -0.2) is 0 Å². The molecule has 206 valence electrons. The molecule has 3 N–H and O–H groups in total. The number of hydrogen-bond acceptors (Lipinski definition) is 7. The fourth-order valence-corrected chi connectivity index (χ4v) is 5.86. The molecule has 3 aliphatic rings. The third kappa shape index (κ3) is 5.49. The Morgan fingerprint density at radius 2 is 1.97 bits per heavy atom. The maximum atomic E-state index is 14.0. The number of carbonyl (C=O) groups excluding carboxylic acids is 5. The third-order valence-corrected chi connectivity index (χ3v) is 7.78. The van der Waals surface area contributed by atoms with E-state index in [9.17, 15) is 24.0 Å². The lowest BCUT2D eigenvalue weighted by Crippen LogP contribution is -2.61. The number of fused-ring (bicyclic) bond motifs is 2. The van der Waals surface area contributed by atoms with Gasteiger partial charge in [-0.2, -0.15) is 0 Å². The number of nitrogens with zero attached hydrogens (tertiary/aromatic N) is 1. The standard InChI is InChI=1S/C26H33ClN4O7/c1-26(2,3)21(30-22(34)14-6-8-17(28-12-32)16(27)10-14)24(36)31-15-7-5-13(9-15)20(31)23(35)29-18-11-19(33)38-25(18)37-4/h6,8,10,12-13,15,18,20-21,25H,5,7,9,11H2,1-4H3,(H,28,32)(H,29,35)(H,30,34). The van der Waals surface area contributed by atoms with E-state index < -0.39 is 41.7 Å². The van der Waals surface area contributed by atoms with Crippen LogP contribution in [0.1, 0.15) is 56.8 Å². The molecule has 1 aliphatic carbocycles. The van der Waals surface area contributed by atoms with Gasteiger partial charge >= 0.3 is 5.97 Å². The molecule has 38 heavy (non-hydrogen) atoms. The summed E-state index contributed by atoms with van der Waals surface area (Å²) < 4.78 is 10.3. The second-order valence-electron chi connectivity index (χ2n) is 11.1. The summed E-state index contributed by atoms with van der Waals surface area (Å²) in [7, 11) is 1.39. The molecule has 2 aliphatic heterocycles. The van der Waals surface area contributed by atoms with Crippen LogP contribution in [0.5, 0.6) is 0 Å². The molecule has 1 aromatic rings. The first-order chi connectivity index (χ1) is 17.9. The van der Waals surface area contributed by atoms with Crippen molar-refractivity contribution in [1.82, 2.24) is 15.5 Å². The van der Waals surface area contributed by atoms with Crippen LogP contribution in [-0.2, 0) is 28.7 Å². The summed E-state index contributed by atoms with van der Waals surface area (Å²) in [5.41, 5.74) is -0.0958. The minimum Gasteiger partial charge on any atom is -0.433 e. The van der Waals surface area contributed by atoms with Crippen LogP contribution in [0.3, 0.4) is 0 Å². The highest BCUT2D eigenvalue weighted by molar-refractivity contribution is 6.33. The average molecular weight is 549 g/mol. The Bertz CT molecular complexity index is 1140. The van der Waals surface area contributed by atoms with Crippen molar-refractivity contribution in [3.05, 3.63) is 28.8 Å². The summed E-state index contributed by atoms with van der Waals surface area (Å²) >= 11 is 6.18. The van der Waals surface area contributed by atoms with Crippen LogP contribution in [0.4, 0.5) is 5.69 Å². The van der Waals surface area contributed by atoms with Gasteiger partial charge in [-0.05, 0) is 48.8 Å². The monoisotopic (exact) mass is 548 g/mol. The Kier molecular flexibility index (Phi) is 7.98. The first-order valence-electron chi connectivity index (χ1n) is 12.6. The molecule has 1 aromatic carbocycles. The molecule has 3 fully saturated rings. The van der Waals surface area contributed by atoms with Crippen molar-refractivity contribution < 1.29 is 33.4 Å². The van der Waals surface area contributed by atoms with E-state index in [0.29, 0.717) is 18.5 Å². The molecule has 12 heteroatoms. The number of hydrogen-bond donors (Lipinski definition) is 3. The lowest BCUT2D eigenvalue weighted by Gasteiger charge is -2.40. The van der Waals surface area contributed by atoms with Crippen molar-refractivity contribution in [2.45, 2.75) is 76.9 Å². The number of amides is 4. The number of methoxy groups -OCH3 is 1. The van der Waals surface area contributed by atoms with Gasteiger partial charge in [0, 0.05) is 18.7 Å². The first kappa shape index (κ1) is 27.8. The Hall–Kier alpha value is -3.18. The molecule has 0 radical (unpaired) electrons. The SMILES string of the molecule is COC1OC(=O)CC1NC(=O)C1C2CCC(C2)N1C(=O)C(NC(=O)c1ccc(NC=O)c(Cl)c1)C(C)(C)C. The number of ether oxygens (including phenoxy) is 2. The van der Waals surface area contributed by atoms with Crippen LogP contribution < -0.4 is 16.0 Å². The summed E-state index contributed by atoms with van der Waals surface area (Å²) in [6.07, 6.45) is 1.88. The number of benzene rings is 1. The van der Waals surface area contributed by atoms with Crippen LogP contribution in [0, 0.1) is 11.3 Å². The number of rotatable bonds is 8. The zero-order valence-corrected chi connectivity index (χ0v) is 22.5. The Morgan fingerprint density at radius 3 is 2.61 bits per heavy atom. The van der Waals surface area contributed by atoms with Gasteiger partial charge in [0.1, 0.15) is 18.1 Å². The zero-order valence-electron chi connectivity index (χ0n) is 21.8. The van der Waals surface area contributed by atoms with Crippen LogP contribution in [0.25, 0.3) is 0 Å². The molecule has 0 aromatic heterocycles. The normalized spacial score (nSPS) is 27.0. The maximum absolute atomic E-state index is 14.0. The van der Waals surface area contributed by atoms with Crippen molar-refractivity contribution >= 4 is 47.4 Å². The lowest BCUT2D eigenvalue weighted by molar-refractivity contribution is -0.160. The van der Waals surface area contributed by atoms with E-state index in [1.165, 1.54) is 25.3 Å². The van der Waals surface area contributed by atoms with E-state index >= 15 is 0 Å². The molecule has 6 atom stereocenters. The number of carbonyl (C=O) groups is 5. The summed E-state index contributed by atoms with van der Waals surface area (Å²) in [4.78, 5) is 64.7. The minimum absolute atomic E-state index is 0.0105. The van der Waals surface area contributed by atoms with E-state index in [1.54, 1.807) is 4.90 Å². The second kappa shape index (κ2) is 10.9. The number of esters is 1. The van der Waals surface area contributed by atoms with Gasteiger partial charge in [-0.1, -0.05) is 32.4 Å². The summed E-state index contributed by atoms with van der Waals surface area (Å²) in [5, 5.41) is 8.33. The highest BCUT2D eigenvalue weighted by atomic mass is 35.5. The number of halogens is 1. The number of anilines is 1. The summed E-state index contributed by atoms with van der Waals surface area (Å²) in [5.74, 6) is -1.69. The molecule has 2 saturated heterocycles. The smallest absolute Gasteiger partial charge is 0.310 e. The molecule has 2 bridgehead atoms. The number of piperidine rings is 1. The highest BCUT2D eigenvalue weighted by Crippen LogP contribution is 2.44. The molecule has 6 unspecified atom stereocenters. The van der Waals surface area contributed by atoms with Crippen molar-refractivity contribution in [3.8, 4) is 0 Å². The van der Waals surface area contributed by atoms with Crippen LogP contribution in [0.2, 0.25) is 5.02 Å². The number of cyclic esters (lactones) is 1. The van der Waals surface area contributed by atoms with Gasteiger partial charge in [0.2, 0.25) is 24.5 Å². The van der Waals surface area contributed by atoms with Gasteiger partial charge in [-0.3, -0.25) is 24.0 Å². The lowest BCUT2D eigenvalue weighted by atomic mass is 9.84. The van der Waals surface area contributed by atoms with Crippen LogP contribution >= 0.6 is 11.6 Å². The zero-order chi connectivity index (χ0) is 27.8. The molecule has 11 nitrogen and oxygen atoms in total. The van der Waals surface area contributed by atoms with Gasteiger partial charge in [0.05, 0.1) is 17.1 Å². The summed E-state index contributed by atoms with van der Waals surface area (Å²) in [6, 6.07) is 2.01. The minimum atomic E-state index is -0.931. The number of likely N-dealkylation sites (tertiary alicyclic amines) is 1. The van der Waals surface area contributed by atoms with E-state index in [-0.39, 0.29) is 40.8 Å². The van der Waals surface area contributed by atoms with Gasteiger partial charge in [0.15, 0.2) is 0 Å². The second-order valence-corrected chi connectivity index (χ2v) is 11.5. The third-order valence-electron chi connectivity index (χ3n) is 7.47. The van der Waals surface area contributed by atoms with Crippen LogP contribution in [0.15, 0.2) is 18.2 Å². The molecule has 0 spiro atoms. The first-order valence-corrected chi connectivity index (χ1v) is 13.0. The average Bonchev–Trinajstić information content (AvgIpc) is 3.56. The molecule has 2 heterocycles. The van der Waals surface area contributed by atoms with E-state index in [1.807, 2.05) is 20.8 Å². The van der Waals surface area contributed by atoms with Crippen molar-refractivity contribution in [2.75, 3.05) is 12.4 Å². The highest BCUT2D eigenvalue weighted by Gasteiger charge is 2.54. The predicted octanol–water partition coefficient (Wildman–Crippen LogP) is 1.84. The van der Waals surface area contributed by atoms with Crippen LogP contribution in [-0.4, -0.2) is 72.6 Å². The van der Waals surface area contributed by atoms with E-state index in [2.05, 4.69) is 16.0 Å². The fourth-order valence-electron chi connectivity index (χ4n) is 5.63. The maximum Gasteiger partial charge on any atom is 0.310 e. The molecule has 4 rings (SSSR count). The topological polar surface area (TPSA) is 143 Å². The Labute approximate surface area is 225 Å². The van der Waals surface area contributed by atoms with Crippen molar-refractivity contribution in [2.24, 2.45) is 11.3 Å². The van der Waals surface area contributed by atoms with E-state index in [4.69, 9.17) is 21.1 Å². The van der Waals surface area contributed by atoms with Crippen molar-refractivity contribution in [1.29, 1.82) is 0 Å². The molecular formula is C26H33ClN4O7. The number of nitrogens with one attached hydrogen (secondary N) is 3. The van der Waals surface area contributed by atoms with Gasteiger partial charge in [-0.15, -0.1) is 0 Å². The predicted molar refractivity (Wildman–Crippen MR) is 137 cm³/mol. The Balaban J connectivity index is 1.54. The van der Waals surface area contributed by atoms with Gasteiger partial charge < -0.3 is 30.3 Å². The largest absolute Gasteiger partial charge is 0.433 e. The molecule has 1 saturated carbocycles.